The molecule has 0 spiro atoms. The van der Waals surface area contributed by atoms with E-state index in [1.54, 1.807) is 0 Å². The van der Waals surface area contributed by atoms with E-state index in [2.05, 4.69) is 5.92 Å². The number of alkyl halides is 3. The number of aldehydes is 1. The topological polar surface area (TPSA) is 40.9 Å². The maximum absolute atomic E-state index is 12.3. The second-order valence-corrected chi connectivity index (χ2v) is 2.78. The van der Waals surface area contributed by atoms with Crippen molar-refractivity contribution in [2.24, 2.45) is 0 Å². The van der Waals surface area contributed by atoms with Crippen LogP contribution in [0.25, 0.3) is 0 Å². The Balaban J connectivity index is 3.29. The van der Waals surface area contributed by atoms with Crippen LogP contribution in [0.4, 0.5) is 13.2 Å². The van der Waals surface area contributed by atoms with Crippen LogP contribution in [0.5, 0.6) is 0 Å². The first-order chi connectivity index (χ1) is 7.49. The summed E-state index contributed by atoms with van der Waals surface area (Å²) >= 11 is 0. The molecular formula is C11H4F3NO. The Labute approximate surface area is 89.3 Å². The van der Waals surface area contributed by atoms with E-state index in [9.17, 15) is 18.0 Å². The van der Waals surface area contributed by atoms with Gasteiger partial charge in [0.05, 0.1) is 5.56 Å². The number of rotatable bonds is 1. The molecule has 1 rings (SSSR count). The zero-order chi connectivity index (χ0) is 12.2. The van der Waals surface area contributed by atoms with Crippen LogP contribution in [-0.2, 0) is 6.18 Å². The van der Waals surface area contributed by atoms with Gasteiger partial charge in [0.1, 0.15) is 0 Å². The molecule has 2 nitrogen and oxygen atoms in total. The summed E-state index contributed by atoms with van der Waals surface area (Å²) in [7, 11) is 0. The van der Waals surface area contributed by atoms with Crippen molar-refractivity contribution in [2.75, 3.05) is 0 Å². The highest BCUT2D eigenvalue weighted by Gasteiger charge is 2.30. The van der Waals surface area contributed by atoms with E-state index in [1.807, 2.05) is 5.92 Å². The summed E-state index contributed by atoms with van der Waals surface area (Å²) in [5.74, 6) is 4.30. The lowest BCUT2D eigenvalue weighted by Gasteiger charge is -2.07. The molecule has 0 aliphatic carbocycles. The fourth-order valence-corrected chi connectivity index (χ4v) is 1.05. The Bertz CT molecular complexity index is 515. The predicted molar refractivity (Wildman–Crippen MR) is 49.3 cm³/mol. The van der Waals surface area contributed by atoms with Crippen molar-refractivity contribution in [1.29, 1.82) is 5.26 Å². The lowest BCUT2D eigenvalue weighted by Crippen LogP contribution is -2.06. The van der Waals surface area contributed by atoms with E-state index in [0.717, 1.165) is 12.1 Å². The highest BCUT2D eigenvalue weighted by Crippen LogP contribution is 2.30. The van der Waals surface area contributed by atoms with Gasteiger partial charge in [0.25, 0.3) is 0 Å². The summed E-state index contributed by atoms with van der Waals surface area (Å²) in [4.78, 5) is 10.6. The monoisotopic (exact) mass is 223 g/mol. The normalized spacial score (nSPS) is 9.88. The average Bonchev–Trinajstić information content (AvgIpc) is 2.24. The maximum atomic E-state index is 12.3. The van der Waals surface area contributed by atoms with Crippen LogP contribution < -0.4 is 0 Å². The third-order valence-electron chi connectivity index (χ3n) is 1.76. The Morgan fingerprint density at radius 3 is 2.50 bits per heavy atom. The Hall–Kier alpha value is -2.27. The van der Waals surface area contributed by atoms with Gasteiger partial charge >= 0.3 is 6.18 Å². The van der Waals surface area contributed by atoms with Crippen molar-refractivity contribution >= 4 is 6.29 Å². The largest absolute Gasteiger partial charge is 0.416 e. The number of carbonyl (C=O) groups is 1. The molecule has 0 unspecified atom stereocenters. The van der Waals surface area contributed by atoms with Crippen LogP contribution in [0.1, 0.15) is 21.5 Å². The number of hydrogen-bond acceptors (Lipinski definition) is 2. The van der Waals surface area contributed by atoms with Crippen LogP contribution in [0.3, 0.4) is 0 Å². The summed E-state index contributed by atoms with van der Waals surface area (Å²) in [6.45, 7) is 0. The first kappa shape index (κ1) is 11.8. The van der Waals surface area contributed by atoms with Gasteiger partial charge in [-0.3, -0.25) is 4.79 Å². The zero-order valence-corrected chi connectivity index (χ0v) is 7.80. The van der Waals surface area contributed by atoms with Crippen molar-refractivity contribution < 1.29 is 18.0 Å². The van der Waals surface area contributed by atoms with Crippen molar-refractivity contribution in [3.8, 4) is 17.9 Å². The van der Waals surface area contributed by atoms with Gasteiger partial charge in [0.2, 0.25) is 0 Å². The number of benzene rings is 1. The quantitative estimate of drug-likeness (QED) is 0.541. The van der Waals surface area contributed by atoms with Crippen LogP contribution in [-0.4, -0.2) is 6.29 Å². The zero-order valence-electron chi connectivity index (χ0n) is 7.80. The lowest BCUT2D eigenvalue weighted by molar-refractivity contribution is -0.137. The van der Waals surface area contributed by atoms with Gasteiger partial charge in [-0.25, -0.2) is 0 Å². The Morgan fingerprint density at radius 2 is 2.00 bits per heavy atom. The summed E-state index contributed by atoms with van der Waals surface area (Å²) in [6.07, 6.45) is -4.23. The molecule has 0 heterocycles. The molecule has 0 fully saturated rings. The van der Waals surface area contributed by atoms with Gasteiger partial charge in [0.15, 0.2) is 12.4 Å². The first-order valence-electron chi connectivity index (χ1n) is 4.05. The molecule has 0 aliphatic rings. The van der Waals surface area contributed by atoms with Crippen molar-refractivity contribution in [3.63, 3.8) is 0 Å². The van der Waals surface area contributed by atoms with E-state index in [0.29, 0.717) is 6.07 Å². The number of nitrogens with zero attached hydrogens (tertiary/aromatic N) is 1. The van der Waals surface area contributed by atoms with Crippen LogP contribution in [0.2, 0.25) is 0 Å². The van der Waals surface area contributed by atoms with Gasteiger partial charge in [-0.15, -0.1) is 0 Å². The molecule has 0 saturated heterocycles. The predicted octanol–water partition coefficient (Wildman–Crippen LogP) is 2.39. The fourth-order valence-electron chi connectivity index (χ4n) is 1.05. The molecular weight excluding hydrogens is 219 g/mol. The van der Waals surface area contributed by atoms with E-state index in [-0.39, 0.29) is 17.4 Å². The van der Waals surface area contributed by atoms with Crippen LogP contribution >= 0.6 is 0 Å². The molecule has 1 aromatic rings. The summed E-state index contributed by atoms with van der Waals surface area (Å²) in [6, 6.07) is 4.10. The third kappa shape index (κ3) is 2.61. The molecule has 80 valence electrons. The van der Waals surface area contributed by atoms with E-state index in [4.69, 9.17) is 5.26 Å². The molecule has 0 radical (unpaired) electrons. The minimum absolute atomic E-state index is 0.101. The number of carbonyl (C=O) groups excluding carboxylic acids is 1. The first-order valence-corrected chi connectivity index (χ1v) is 4.05. The summed E-state index contributed by atoms with van der Waals surface area (Å²) < 4.78 is 36.9. The third-order valence-corrected chi connectivity index (χ3v) is 1.76. The number of nitriles is 1. The average molecular weight is 223 g/mol. The minimum atomic E-state index is -4.50. The molecule has 0 amide bonds. The SMILES string of the molecule is N#CC#Cc1ccc(C(F)(F)F)cc1C=O. The van der Waals surface area contributed by atoms with Gasteiger partial charge in [-0.05, 0) is 24.1 Å². The summed E-state index contributed by atoms with van der Waals surface area (Å²) in [5.41, 5.74) is -1.00. The van der Waals surface area contributed by atoms with Crippen LogP contribution in [0, 0.1) is 23.2 Å². The molecule has 16 heavy (non-hydrogen) atoms. The van der Waals surface area contributed by atoms with Gasteiger partial charge in [-0.1, -0.05) is 0 Å². The van der Waals surface area contributed by atoms with Crippen molar-refractivity contribution in [1.82, 2.24) is 0 Å². The van der Waals surface area contributed by atoms with Crippen molar-refractivity contribution in [2.45, 2.75) is 6.18 Å². The molecule has 0 bridgehead atoms. The second-order valence-electron chi connectivity index (χ2n) is 2.78. The summed E-state index contributed by atoms with van der Waals surface area (Å²) in [5, 5.41) is 8.18. The Kier molecular flexibility index (Phi) is 3.32. The molecule has 0 N–H and O–H groups in total. The molecule has 0 atom stereocenters. The smallest absolute Gasteiger partial charge is 0.298 e. The van der Waals surface area contributed by atoms with E-state index >= 15 is 0 Å². The highest BCUT2D eigenvalue weighted by molar-refractivity contribution is 5.80. The number of hydrogen-bond donors (Lipinski definition) is 0. The van der Waals surface area contributed by atoms with E-state index < -0.39 is 11.7 Å². The van der Waals surface area contributed by atoms with Crippen LogP contribution in [0.15, 0.2) is 18.2 Å². The highest BCUT2D eigenvalue weighted by atomic mass is 19.4. The minimum Gasteiger partial charge on any atom is -0.298 e. The number of halogens is 3. The standard InChI is InChI=1S/C11H4F3NO/c12-11(13,14)10-4-3-8(2-1-5-15)9(6-10)7-16/h3-4,6-7H. The van der Waals surface area contributed by atoms with Crippen molar-refractivity contribution in [3.05, 3.63) is 34.9 Å². The van der Waals surface area contributed by atoms with E-state index in [1.165, 1.54) is 6.07 Å². The molecule has 0 aliphatic heterocycles. The maximum Gasteiger partial charge on any atom is 0.416 e. The van der Waals surface area contributed by atoms with Gasteiger partial charge < -0.3 is 0 Å². The lowest BCUT2D eigenvalue weighted by atomic mass is 10.0. The van der Waals surface area contributed by atoms with Gasteiger partial charge in [0, 0.05) is 17.0 Å². The molecule has 0 saturated carbocycles. The Morgan fingerprint density at radius 1 is 1.31 bits per heavy atom. The molecule has 5 heteroatoms. The van der Waals surface area contributed by atoms with Gasteiger partial charge in [-0.2, -0.15) is 18.4 Å². The molecule has 1 aromatic carbocycles. The molecule has 0 aromatic heterocycles. The second kappa shape index (κ2) is 4.50. The fraction of sp³-hybridized carbons (Fsp3) is 0.0909.